The van der Waals surface area contributed by atoms with Gasteiger partial charge in [-0.05, 0) is 24.3 Å². The minimum Gasteiger partial charge on any atom is -0.469 e. The molecular weight excluding hydrogens is 200 g/mol. The largest absolute Gasteiger partial charge is 0.469 e. The summed E-state index contributed by atoms with van der Waals surface area (Å²) >= 11 is 0. The lowest BCUT2D eigenvalue weighted by molar-refractivity contribution is -0.147. The van der Waals surface area contributed by atoms with Crippen LogP contribution in [-0.2, 0) is 16.0 Å². The van der Waals surface area contributed by atoms with Gasteiger partial charge in [0, 0.05) is 0 Å². The van der Waals surface area contributed by atoms with Crippen molar-refractivity contribution in [1.82, 2.24) is 0 Å². The monoisotopic (exact) mass is 220 g/mol. The van der Waals surface area contributed by atoms with Crippen molar-refractivity contribution in [2.75, 3.05) is 7.11 Å². The zero-order valence-corrected chi connectivity index (χ0v) is 10.3. The predicted octanol–water partition coefficient (Wildman–Crippen LogP) is 3.06. The number of carbonyl (C=O) groups is 1. The zero-order chi connectivity index (χ0) is 12.0. The van der Waals surface area contributed by atoms with E-state index in [-0.39, 0.29) is 11.9 Å². The van der Waals surface area contributed by atoms with Crippen LogP contribution in [0.1, 0.15) is 25.8 Å². The minimum atomic E-state index is -0.0917. The van der Waals surface area contributed by atoms with Gasteiger partial charge in [-0.15, -0.1) is 0 Å². The van der Waals surface area contributed by atoms with Gasteiger partial charge < -0.3 is 4.74 Å². The molecule has 1 rings (SSSR count). The molecule has 0 aromatic heterocycles. The average molecular weight is 220 g/mol. The zero-order valence-electron chi connectivity index (χ0n) is 10.3. The molecule has 1 aromatic rings. The molecule has 0 fully saturated rings. The van der Waals surface area contributed by atoms with E-state index >= 15 is 0 Å². The molecule has 0 spiro atoms. The van der Waals surface area contributed by atoms with Gasteiger partial charge in [-0.3, -0.25) is 4.79 Å². The Morgan fingerprint density at radius 3 is 2.38 bits per heavy atom. The van der Waals surface area contributed by atoms with E-state index in [1.165, 1.54) is 12.7 Å². The molecule has 2 heteroatoms. The Bertz CT molecular complexity index is 317. The molecule has 0 bridgehead atoms. The van der Waals surface area contributed by atoms with E-state index in [0.29, 0.717) is 5.92 Å². The molecule has 1 aromatic carbocycles. The highest BCUT2D eigenvalue weighted by Crippen LogP contribution is 2.19. The maximum Gasteiger partial charge on any atom is 0.308 e. The Kier molecular flexibility index (Phi) is 5.03. The first-order valence-corrected chi connectivity index (χ1v) is 5.77. The van der Waals surface area contributed by atoms with Crippen LogP contribution in [-0.4, -0.2) is 13.1 Å². The quantitative estimate of drug-likeness (QED) is 0.713. The summed E-state index contributed by atoms with van der Waals surface area (Å²) < 4.78 is 4.82. The lowest BCUT2D eigenvalue weighted by Crippen LogP contribution is -2.22. The second-order valence-corrected chi connectivity index (χ2v) is 4.40. The Hall–Kier alpha value is -1.31. The highest BCUT2D eigenvalue weighted by molar-refractivity contribution is 5.72. The first-order valence-electron chi connectivity index (χ1n) is 5.77. The van der Waals surface area contributed by atoms with Crippen LogP contribution in [0.2, 0.25) is 0 Å². The first kappa shape index (κ1) is 12.8. The van der Waals surface area contributed by atoms with E-state index in [4.69, 9.17) is 4.74 Å². The van der Waals surface area contributed by atoms with Crippen LogP contribution < -0.4 is 0 Å². The summed E-state index contributed by atoms with van der Waals surface area (Å²) in [6.45, 7) is 4.12. The fraction of sp³-hybridized carbons (Fsp3) is 0.500. The summed E-state index contributed by atoms with van der Waals surface area (Å²) in [7, 11) is 1.46. The Morgan fingerprint density at radius 1 is 1.25 bits per heavy atom. The summed E-state index contributed by atoms with van der Waals surface area (Å²) in [5.41, 5.74) is 1.28. The standard InChI is InChI=1S/C14H20O2/c1-11(2)13(14(15)16-3)10-9-12-7-5-4-6-8-12/h4-8,11,13H,9-10H2,1-3H3. The molecule has 0 aliphatic heterocycles. The Labute approximate surface area is 97.6 Å². The Morgan fingerprint density at radius 2 is 1.88 bits per heavy atom. The van der Waals surface area contributed by atoms with Crippen LogP contribution in [0.25, 0.3) is 0 Å². The first-order chi connectivity index (χ1) is 7.65. The minimum absolute atomic E-state index is 0.00482. The third-order valence-electron chi connectivity index (χ3n) is 2.90. The van der Waals surface area contributed by atoms with Crippen molar-refractivity contribution in [2.45, 2.75) is 26.7 Å². The van der Waals surface area contributed by atoms with Gasteiger partial charge in [0.15, 0.2) is 0 Å². The van der Waals surface area contributed by atoms with E-state index in [1.54, 1.807) is 0 Å². The van der Waals surface area contributed by atoms with E-state index in [0.717, 1.165) is 12.8 Å². The van der Waals surface area contributed by atoms with E-state index in [1.807, 2.05) is 18.2 Å². The average Bonchev–Trinajstić information content (AvgIpc) is 2.30. The fourth-order valence-electron chi connectivity index (χ4n) is 1.84. The van der Waals surface area contributed by atoms with Crippen LogP contribution >= 0.6 is 0 Å². The number of ether oxygens (including phenoxy) is 1. The number of aryl methyl sites for hydroxylation is 1. The number of hydrogen-bond donors (Lipinski definition) is 0. The third kappa shape index (κ3) is 3.69. The highest BCUT2D eigenvalue weighted by Gasteiger charge is 2.22. The van der Waals surface area contributed by atoms with Gasteiger partial charge in [0.1, 0.15) is 0 Å². The second-order valence-electron chi connectivity index (χ2n) is 4.40. The van der Waals surface area contributed by atoms with Gasteiger partial charge in [-0.25, -0.2) is 0 Å². The van der Waals surface area contributed by atoms with Gasteiger partial charge in [0.25, 0.3) is 0 Å². The number of hydrogen-bond acceptors (Lipinski definition) is 2. The molecule has 0 saturated heterocycles. The molecule has 2 nitrogen and oxygen atoms in total. The van der Waals surface area contributed by atoms with Crippen LogP contribution in [0, 0.1) is 11.8 Å². The third-order valence-corrected chi connectivity index (χ3v) is 2.90. The molecule has 0 aliphatic carbocycles. The highest BCUT2D eigenvalue weighted by atomic mass is 16.5. The van der Waals surface area contributed by atoms with Crippen molar-refractivity contribution >= 4 is 5.97 Å². The molecule has 0 N–H and O–H groups in total. The normalized spacial score (nSPS) is 12.5. The molecular formula is C14H20O2. The summed E-state index contributed by atoms with van der Waals surface area (Å²) in [5, 5.41) is 0. The molecule has 1 unspecified atom stereocenters. The van der Waals surface area contributed by atoms with Crippen molar-refractivity contribution in [3.8, 4) is 0 Å². The van der Waals surface area contributed by atoms with Crippen LogP contribution in [0.3, 0.4) is 0 Å². The molecule has 0 aliphatic rings. The van der Waals surface area contributed by atoms with Gasteiger partial charge in [0.2, 0.25) is 0 Å². The predicted molar refractivity (Wildman–Crippen MR) is 65.1 cm³/mol. The summed E-state index contributed by atoms with van der Waals surface area (Å²) in [5.74, 6) is 0.243. The molecule has 16 heavy (non-hydrogen) atoms. The SMILES string of the molecule is COC(=O)C(CCc1ccccc1)C(C)C. The van der Waals surface area contributed by atoms with Crippen molar-refractivity contribution in [3.05, 3.63) is 35.9 Å². The second kappa shape index (κ2) is 6.31. The lowest BCUT2D eigenvalue weighted by Gasteiger charge is -2.17. The summed E-state index contributed by atoms with van der Waals surface area (Å²) in [6, 6.07) is 10.2. The summed E-state index contributed by atoms with van der Waals surface area (Å²) in [6.07, 6.45) is 1.78. The number of benzene rings is 1. The van der Waals surface area contributed by atoms with E-state index in [9.17, 15) is 4.79 Å². The van der Waals surface area contributed by atoms with Gasteiger partial charge in [-0.2, -0.15) is 0 Å². The van der Waals surface area contributed by atoms with Crippen molar-refractivity contribution < 1.29 is 9.53 Å². The van der Waals surface area contributed by atoms with Crippen molar-refractivity contribution in [1.29, 1.82) is 0 Å². The van der Waals surface area contributed by atoms with Gasteiger partial charge in [-0.1, -0.05) is 44.2 Å². The maximum atomic E-state index is 11.6. The van der Waals surface area contributed by atoms with Crippen LogP contribution in [0.5, 0.6) is 0 Å². The molecule has 0 saturated carbocycles. The fourth-order valence-corrected chi connectivity index (χ4v) is 1.84. The molecule has 1 atom stereocenters. The Balaban J connectivity index is 2.54. The van der Waals surface area contributed by atoms with E-state index in [2.05, 4.69) is 26.0 Å². The van der Waals surface area contributed by atoms with E-state index < -0.39 is 0 Å². The van der Waals surface area contributed by atoms with Gasteiger partial charge >= 0.3 is 5.97 Å². The molecule has 0 radical (unpaired) electrons. The molecule has 0 amide bonds. The lowest BCUT2D eigenvalue weighted by atomic mass is 9.90. The van der Waals surface area contributed by atoms with Crippen LogP contribution in [0.15, 0.2) is 30.3 Å². The van der Waals surface area contributed by atoms with Crippen molar-refractivity contribution in [3.63, 3.8) is 0 Å². The van der Waals surface area contributed by atoms with Crippen LogP contribution in [0.4, 0.5) is 0 Å². The maximum absolute atomic E-state index is 11.6. The molecule has 88 valence electrons. The van der Waals surface area contributed by atoms with Crippen molar-refractivity contribution in [2.24, 2.45) is 11.8 Å². The number of rotatable bonds is 5. The number of methoxy groups -OCH3 is 1. The number of carbonyl (C=O) groups excluding carboxylic acids is 1. The number of esters is 1. The topological polar surface area (TPSA) is 26.3 Å². The summed E-state index contributed by atoms with van der Waals surface area (Å²) in [4.78, 5) is 11.6. The van der Waals surface area contributed by atoms with Gasteiger partial charge in [0.05, 0.1) is 13.0 Å². The molecule has 0 heterocycles. The smallest absolute Gasteiger partial charge is 0.308 e.